The summed E-state index contributed by atoms with van der Waals surface area (Å²) in [5.74, 6) is -0.708. The van der Waals surface area contributed by atoms with Gasteiger partial charge in [-0.2, -0.15) is 0 Å². The Morgan fingerprint density at radius 2 is 1.78 bits per heavy atom. The Balaban J connectivity index is 1.55. The van der Waals surface area contributed by atoms with Crippen LogP contribution in [0.4, 0.5) is 0 Å². The lowest BCUT2D eigenvalue weighted by Gasteiger charge is -2.25. The summed E-state index contributed by atoms with van der Waals surface area (Å²) in [6, 6.07) is 20.0. The normalized spacial score (nSPS) is 17.1. The third kappa shape index (κ3) is 4.67. The Labute approximate surface area is 223 Å². The molecule has 3 aromatic carbocycles. The Kier molecular flexibility index (Phi) is 6.89. The maximum Gasteiger partial charge on any atom is 0.295 e. The highest BCUT2D eigenvalue weighted by atomic mass is 79.9. The van der Waals surface area contributed by atoms with E-state index >= 15 is 0 Å². The zero-order chi connectivity index (χ0) is 26.1. The van der Waals surface area contributed by atoms with Crippen LogP contribution in [0.3, 0.4) is 0 Å². The Bertz CT molecular complexity index is 1500. The van der Waals surface area contributed by atoms with Crippen LogP contribution in [0, 0.1) is 0 Å². The molecule has 0 spiro atoms. The molecule has 0 aliphatic carbocycles. The molecule has 5 rings (SSSR count). The largest absolute Gasteiger partial charge is 0.507 e. The van der Waals surface area contributed by atoms with E-state index in [4.69, 9.17) is 4.74 Å². The number of rotatable bonds is 7. The van der Waals surface area contributed by atoms with E-state index in [2.05, 4.69) is 27.8 Å². The number of aryl methyl sites for hydroxylation is 1. The van der Waals surface area contributed by atoms with Crippen LogP contribution in [-0.2, 0) is 22.4 Å². The molecule has 1 aliphatic heterocycles. The van der Waals surface area contributed by atoms with Gasteiger partial charge < -0.3 is 19.7 Å². The number of hydrogen-bond donors (Lipinski definition) is 2. The number of aliphatic hydroxyl groups excluding tert-OH is 1. The van der Waals surface area contributed by atoms with Crippen LogP contribution in [0.25, 0.3) is 16.7 Å². The van der Waals surface area contributed by atoms with Gasteiger partial charge in [-0.05, 0) is 59.9 Å². The number of ketones is 1. The Morgan fingerprint density at radius 3 is 2.46 bits per heavy atom. The van der Waals surface area contributed by atoms with Crippen LogP contribution in [0.2, 0.25) is 0 Å². The minimum absolute atomic E-state index is 0.108. The van der Waals surface area contributed by atoms with Crippen LogP contribution in [0.5, 0.6) is 5.75 Å². The van der Waals surface area contributed by atoms with Gasteiger partial charge in [-0.25, -0.2) is 0 Å². The van der Waals surface area contributed by atoms with Crippen LogP contribution in [0.15, 0.2) is 83.0 Å². The number of halogens is 1. The van der Waals surface area contributed by atoms with E-state index in [0.29, 0.717) is 18.5 Å². The highest BCUT2D eigenvalue weighted by molar-refractivity contribution is 9.10. The minimum atomic E-state index is -0.686. The van der Waals surface area contributed by atoms with Crippen LogP contribution in [-0.4, -0.2) is 40.3 Å². The first kappa shape index (κ1) is 24.8. The second-order valence-electron chi connectivity index (χ2n) is 9.07. The average molecular weight is 559 g/mol. The van der Waals surface area contributed by atoms with Gasteiger partial charge in [-0.15, -0.1) is 0 Å². The molecule has 6 nitrogen and oxygen atoms in total. The van der Waals surface area contributed by atoms with Crippen molar-refractivity contribution >= 4 is 44.3 Å². The van der Waals surface area contributed by atoms with E-state index in [1.165, 1.54) is 0 Å². The molecule has 1 fully saturated rings. The zero-order valence-electron chi connectivity index (χ0n) is 20.6. The van der Waals surface area contributed by atoms with Crippen LogP contribution >= 0.6 is 15.9 Å². The number of aromatic amines is 1. The van der Waals surface area contributed by atoms with Crippen LogP contribution in [0.1, 0.15) is 35.2 Å². The summed E-state index contributed by atoms with van der Waals surface area (Å²) in [6.45, 7) is 2.39. The molecule has 0 bridgehead atoms. The molecular formula is C30H27BrN2O4. The topological polar surface area (TPSA) is 82.6 Å². The van der Waals surface area contributed by atoms with Crippen molar-refractivity contribution in [2.45, 2.75) is 25.8 Å². The van der Waals surface area contributed by atoms with Crippen molar-refractivity contribution in [1.82, 2.24) is 9.88 Å². The lowest BCUT2D eigenvalue weighted by atomic mass is 9.94. The number of amides is 1. The first-order chi connectivity index (χ1) is 17.9. The van der Waals surface area contributed by atoms with E-state index < -0.39 is 17.7 Å². The number of aromatic nitrogens is 1. The Morgan fingerprint density at radius 1 is 1.05 bits per heavy atom. The molecule has 7 heteroatoms. The van der Waals surface area contributed by atoms with Crippen LogP contribution < -0.4 is 4.74 Å². The number of hydrogen-bond acceptors (Lipinski definition) is 4. The van der Waals surface area contributed by atoms with Crippen molar-refractivity contribution < 1.29 is 19.4 Å². The molecule has 0 radical (unpaired) electrons. The number of fused-ring (bicyclic) bond motifs is 1. The predicted molar refractivity (Wildman–Crippen MR) is 148 cm³/mol. The minimum Gasteiger partial charge on any atom is -0.507 e. The number of Topliss-reactive ketones (excluding diaryl/α,β-unsaturated/α-hetero) is 1. The number of H-pyrrole nitrogens is 1. The number of carbonyl (C=O) groups is 2. The van der Waals surface area contributed by atoms with E-state index in [1.54, 1.807) is 36.3 Å². The number of likely N-dealkylation sites (tertiary alicyclic amines) is 1. The van der Waals surface area contributed by atoms with Crippen molar-refractivity contribution in [3.8, 4) is 5.75 Å². The summed E-state index contributed by atoms with van der Waals surface area (Å²) in [6.07, 6.45) is 3.33. The van der Waals surface area contributed by atoms with Crippen molar-refractivity contribution in [2.24, 2.45) is 0 Å². The number of aliphatic hydroxyl groups is 1. The molecule has 2 heterocycles. The van der Waals surface area contributed by atoms with Gasteiger partial charge in [-0.1, -0.05) is 59.3 Å². The van der Waals surface area contributed by atoms with Gasteiger partial charge in [0.1, 0.15) is 11.5 Å². The number of carbonyl (C=O) groups excluding carboxylic acids is 2. The molecule has 37 heavy (non-hydrogen) atoms. The zero-order valence-corrected chi connectivity index (χ0v) is 22.2. The van der Waals surface area contributed by atoms with Crippen molar-refractivity contribution in [3.63, 3.8) is 0 Å². The standard InChI is InChI=1S/C30H27BrN2O4/c1-3-18-4-6-19(7-5-18)27-26(28(34)20-8-10-22(31)11-9-20)29(35)30(36)33(27)15-14-21-17-32-25-13-12-23(37-2)16-24(21)25/h4-13,16-17,27,32,34H,3,14-15H2,1-2H3/t27-/m0/s1. The molecule has 2 N–H and O–H groups in total. The van der Waals surface area contributed by atoms with E-state index in [-0.39, 0.29) is 11.3 Å². The smallest absolute Gasteiger partial charge is 0.295 e. The summed E-state index contributed by atoms with van der Waals surface area (Å²) in [5, 5.41) is 12.3. The molecule has 0 saturated carbocycles. The molecule has 4 aromatic rings. The monoisotopic (exact) mass is 558 g/mol. The summed E-state index contributed by atoms with van der Waals surface area (Å²) in [5.41, 5.74) is 4.53. The fourth-order valence-corrected chi connectivity index (χ4v) is 5.15. The van der Waals surface area contributed by atoms with Gasteiger partial charge in [-0.3, -0.25) is 9.59 Å². The highest BCUT2D eigenvalue weighted by Gasteiger charge is 2.45. The number of nitrogens with zero attached hydrogens (tertiary/aromatic N) is 1. The molecule has 1 atom stereocenters. The number of methoxy groups -OCH3 is 1. The fraction of sp³-hybridized carbons (Fsp3) is 0.200. The van der Waals surface area contributed by atoms with Gasteiger partial charge in [0.15, 0.2) is 0 Å². The van der Waals surface area contributed by atoms with Gasteiger partial charge in [0, 0.05) is 33.7 Å². The molecule has 188 valence electrons. The van der Waals surface area contributed by atoms with Crippen molar-refractivity contribution in [3.05, 3.63) is 105 Å². The van der Waals surface area contributed by atoms with Gasteiger partial charge in [0.2, 0.25) is 0 Å². The molecular weight excluding hydrogens is 532 g/mol. The second-order valence-corrected chi connectivity index (χ2v) is 9.99. The SMILES string of the molecule is CCc1ccc([C@H]2C(=C(O)c3ccc(Br)cc3)C(=O)C(=O)N2CCc2c[nH]c3ccc(OC)cc23)cc1. The number of benzene rings is 3. The summed E-state index contributed by atoms with van der Waals surface area (Å²) >= 11 is 3.40. The van der Waals surface area contributed by atoms with E-state index in [1.807, 2.05) is 48.7 Å². The van der Waals surface area contributed by atoms with Crippen molar-refractivity contribution in [2.75, 3.05) is 13.7 Å². The number of ether oxygens (including phenoxy) is 1. The maximum atomic E-state index is 13.3. The predicted octanol–water partition coefficient (Wildman–Crippen LogP) is 6.17. The summed E-state index contributed by atoms with van der Waals surface area (Å²) < 4.78 is 6.23. The maximum absolute atomic E-state index is 13.3. The Hall–Kier alpha value is -3.84. The first-order valence-corrected chi connectivity index (χ1v) is 13.0. The van der Waals surface area contributed by atoms with E-state index in [0.717, 1.165) is 44.2 Å². The molecule has 0 unspecified atom stereocenters. The molecule has 1 saturated heterocycles. The average Bonchev–Trinajstić information content (AvgIpc) is 3.44. The van der Waals surface area contributed by atoms with Gasteiger partial charge in [0.25, 0.3) is 11.7 Å². The van der Waals surface area contributed by atoms with Crippen molar-refractivity contribution in [1.29, 1.82) is 0 Å². The third-order valence-corrected chi connectivity index (χ3v) is 7.49. The number of nitrogens with one attached hydrogen (secondary N) is 1. The first-order valence-electron chi connectivity index (χ1n) is 12.2. The summed E-state index contributed by atoms with van der Waals surface area (Å²) in [4.78, 5) is 31.5. The molecule has 1 aromatic heterocycles. The fourth-order valence-electron chi connectivity index (χ4n) is 4.89. The van der Waals surface area contributed by atoms with Gasteiger partial charge in [0.05, 0.1) is 18.7 Å². The van der Waals surface area contributed by atoms with Gasteiger partial charge >= 0.3 is 0 Å². The quantitative estimate of drug-likeness (QED) is 0.161. The second kappa shape index (κ2) is 10.3. The summed E-state index contributed by atoms with van der Waals surface area (Å²) in [7, 11) is 1.63. The highest BCUT2D eigenvalue weighted by Crippen LogP contribution is 2.40. The third-order valence-electron chi connectivity index (χ3n) is 6.96. The van der Waals surface area contributed by atoms with E-state index in [9.17, 15) is 14.7 Å². The lowest BCUT2D eigenvalue weighted by molar-refractivity contribution is -0.139. The molecule has 1 aliphatic rings. The lowest BCUT2D eigenvalue weighted by Crippen LogP contribution is -2.31. The molecule has 1 amide bonds.